The minimum absolute atomic E-state index is 0.233. The van der Waals surface area contributed by atoms with Gasteiger partial charge in [0, 0.05) is 36.8 Å². The summed E-state index contributed by atoms with van der Waals surface area (Å²) >= 11 is 1.29. The average Bonchev–Trinajstić information content (AvgIpc) is 3.10. The molecule has 1 aromatic carbocycles. The molecule has 1 aliphatic rings. The van der Waals surface area contributed by atoms with Crippen LogP contribution in [0.15, 0.2) is 24.3 Å². The number of rotatable bonds is 5. The molecule has 0 radical (unpaired) electrons. The summed E-state index contributed by atoms with van der Waals surface area (Å²) in [4.78, 5) is 41.7. The predicted octanol–water partition coefficient (Wildman–Crippen LogP) is 3.37. The van der Waals surface area contributed by atoms with Crippen LogP contribution in [0, 0.1) is 0 Å². The van der Waals surface area contributed by atoms with Crippen LogP contribution in [-0.2, 0) is 22.4 Å². The van der Waals surface area contributed by atoms with Gasteiger partial charge in [0.2, 0.25) is 0 Å². The highest BCUT2D eigenvalue weighted by atomic mass is 32.1. The van der Waals surface area contributed by atoms with Crippen LogP contribution >= 0.6 is 11.3 Å². The zero-order valence-corrected chi connectivity index (χ0v) is 18.3. The van der Waals surface area contributed by atoms with Crippen LogP contribution in [0.1, 0.15) is 38.1 Å². The van der Waals surface area contributed by atoms with Gasteiger partial charge in [0.1, 0.15) is 5.00 Å². The van der Waals surface area contributed by atoms with Crippen LogP contribution in [0.4, 0.5) is 15.5 Å². The third-order valence-corrected chi connectivity index (χ3v) is 5.97. The summed E-state index contributed by atoms with van der Waals surface area (Å²) in [7, 11) is 5.19. The van der Waals surface area contributed by atoms with Crippen molar-refractivity contribution in [3.63, 3.8) is 0 Å². The Hall–Kier alpha value is -3.07. The normalized spacial score (nSPS) is 12.7. The maximum Gasteiger partial charge on any atom is 0.409 e. The van der Waals surface area contributed by atoms with Gasteiger partial charge in [-0.25, -0.2) is 9.59 Å². The number of nitrogens with one attached hydrogen (secondary N) is 1. The first kappa shape index (κ1) is 21.6. The van der Waals surface area contributed by atoms with Gasteiger partial charge in [-0.15, -0.1) is 11.3 Å². The number of hydrogen-bond donors (Lipinski definition) is 1. The van der Waals surface area contributed by atoms with Crippen molar-refractivity contribution in [3.05, 3.63) is 45.8 Å². The van der Waals surface area contributed by atoms with E-state index in [1.165, 1.54) is 18.4 Å². The molecule has 0 spiro atoms. The molecule has 8 nitrogen and oxygen atoms in total. The summed E-state index contributed by atoms with van der Waals surface area (Å²) in [6, 6.07) is 7.19. The topological polar surface area (TPSA) is 88.2 Å². The number of hydrogen-bond acceptors (Lipinski definition) is 7. The second-order valence-corrected chi connectivity index (χ2v) is 8.07. The van der Waals surface area contributed by atoms with Gasteiger partial charge >= 0.3 is 12.1 Å². The Kier molecular flexibility index (Phi) is 6.61. The Morgan fingerprint density at radius 2 is 1.90 bits per heavy atom. The average molecular weight is 432 g/mol. The highest BCUT2D eigenvalue weighted by Crippen LogP contribution is 2.38. The van der Waals surface area contributed by atoms with Gasteiger partial charge in [0.25, 0.3) is 5.91 Å². The van der Waals surface area contributed by atoms with E-state index >= 15 is 0 Å². The Labute approximate surface area is 179 Å². The van der Waals surface area contributed by atoms with Crippen molar-refractivity contribution in [1.82, 2.24) is 4.90 Å². The molecule has 0 aliphatic carbocycles. The van der Waals surface area contributed by atoms with Crippen LogP contribution in [0.25, 0.3) is 0 Å². The fourth-order valence-corrected chi connectivity index (χ4v) is 4.53. The highest BCUT2D eigenvalue weighted by molar-refractivity contribution is 7.17. The molecule has 0 fully saturated rings. The van der Waals surface area contributed by atoms with Crippen molar-refractivity contribution in [2.75, 3.05) is 44.6 Å². The Balaban J connectivity index is 1.89. The van der Waals surface area contributed by atoms with E-state index in [9.17, 15) is 14.4 Å². The summed E-state index contributed by atoms with van der Waals surface area (Å²) in [5.74, 6) is -0.783. The summed E-state index contributed by atoms with van der Waals surface area (Å²) in [5, 5.41) is 3.30. The molecular formula is C21H25N3O5S. The molecule has 0 bridgehead atoms. The third kappa shape index (κ3) is 4.40. The molecule has 1 N–H and O–H groups in total. The molecule has 0 unspecified atom stereocenters. The molecule has 2 aromatic rings. The Morgan fingerprint density at radius 3 is 2.50 bits per heavy atom. The number of methoxy groups -OCH3 is 1. The quantitative estimate of drug-likeness (QED) is 0.731. The lowest BCUT2D eigenvalue weighted by Crippen LogP contribution is -2.35. The van der Waals surface area contributed by atoms with Crippen LogP contribution in [0.5, 0.6) is 0 Å². The van der Waals surface area contributed by atoms with Gasteiger partial charge < -0.3 is 24.6 Å². The number of amides is 2. The Morgan fingerprint density at radius 1 is 1.20 bits per heavy atom. The summed E-state index contributed by atoms with van der Waals surface area (Å²) < 4.78 is 10.0. The fourth-order valence-electron chi connectivity index (χ4n) is 3.28. The molecule has 2 heterocycles. The van der Waals surface area contributed by atoms with Crippen molar-refractivity contribution in [1.29, 1.82) is 0 Å². The molecule has 3 rings (SSSR count). The molecule has 1 aliphatic heterocycles. The van der Waals surface area contributed by atoms with Crippen molar-refractivity contribution in [2.24, 2.45) is 0 Å². The molecule has 1 aromatic heterocycles. The molecule has 2 amide bonds. The van der Waals surface area contributed by atoms with Gasteiger partial charge in [-0.3, -0.25) is 4.79 Å². The van der Waals surface area contributed by atoms with E-state index < -0.39 is 12.1 Å². The van der Waals surface area contributed by atoms with E-state index in [0.717, 1.165) is 16.1 Å². The van der Waals surface area contributed by atoms with Crippen LogP contribution in [0.3, 0.4) is 0 Å². The first-order valence-electron chi connectivity index (χ1n) is 9.59. The molecule has 0 saturated heterocycles. The monoisotopic (exact) mass is 431 g/mol. The smallest absolute Gasteiger partial charge is 0.409 e. The first-order chi connectivity index (χ1) is 14.3. The number of ether oxygens (including phenoxy) is 2. The van der Waals surface area contributed by atoms with Crippen LogP contribution in [-0.4, -0.2) is 57.2 Å². The number of anilines is 2. The molecule has 30 heavy (non-hydrogen) atoms. The van der Waals surface area contributed by atoms with Crippen molar-refractivity contribution in [2.45, 2.75) is 19.9 Å². The van der Waals surface area contributed by atoms with Gasteiger partial charge in [0.15, 0.2) is 0 Å². The van der Waals surface area contributed by atoms with E-state index in [-0.39, 0.29) is 12.5 Å². The third-order valence-electron chi connectivity index (χ3n) is 4.84. The van der Waals surface area contributed by atoms with E-state index in [4.69, 9.17) is 9.47 Å². The number of carbonyl (C=O) groups excluding carboxylic acids is 3. The highest BCUT2D eigenvalue weighted by Gasteiger charge is 2.31. The number of fused-ring (bicyclic) bond motifs is 1. The summed E-state index contributed by atoms with van der Waals surface area (Å²) in [5.41, 5.74) is 2.66. The molecule has 160 valence electrons. The first-order valence-corrected chi connectivity index (χ1v) is 10.4. The lowest BCUT2D eigenvalue weighted by atomic mass is 10.0. The minimum Gasteiger partial charge on any atom is -0.462 e. The zero-order valence-electron chi connectivity index (χ0n) is 17.5. The number of esters is 1. The van der Waals surface area contributed by atoms with E-state index in [1.54, 1.807) is 24.0 Å². The minimum atomic E-state index is -0.472. The zero-order chi connectivity index (χ0) is 21.8. The predicted molar refractivity (Wildman–Crippen MR) is 116 cm³/mol. The molecule has 9 heteroatoms. The second-order valence-electron chi connectivity index (χ2n) is 6.97. The lowest BCUT2D eigenvalue weighted by Gasteiger charge is -2.25. The van der Waals surface area contributed by atoms with Crippen molar-refractivity contribution < 1.29 is 23.9 Å². The maximum atomic E-state index is 12.8. The van der Waals surface area contributed by atoms with E-state index in [0.29, 0.717) is 35.6 Å². The van der Waals surface area contributed by atoms with Gasteiger partial charge in [-0.1, -0.05) is 0 Å². The standard InChI is InChI=1S/C21H25N3O5S/c1-5-29-20(26)17-15-10-11-24(21(27)28-4)12-16(15)30-19(17)22-18(25)13-6-8-14(9-7-13)23(2)3/h6-9H,5,10-12H2,1-4H3,(H,22,25). The number of thiophene rings is 1. The van der Waals surface area contributed by atoms with Gasteiger partial charge in [-0.05, 0) is 43.2 Å². The second kappa shape index (κ2) is 9.17. The number of carbonyl (C=O) groups is 3. The largest absolute Gasteiger partial charge is 0.462 e. The number of benzene rings is 1. The van der Waals surface area contributed by atoms with E-state index in [1.807, 2.05) is 31.1 Å². The van der Waals surface area contributed by atoms with Crippen LogP contribution in [0.2, 0.25) is 0 Å². The van der Waals surface area contributed by atoms with Crippen molar-refractivity contribution in [3.8, 4) is 0 Å². The SMILES string of the molecule is CCOC(=O)c1c(NC(=O)c2ccc(N(C)C)cc2)sc2c1CCN(C(=O)OC)C2. The Bertz CT molecular complexity index is 952. The number of nitrogens with zero attached hydrogens (tertiary/aromatic N) is 2. The maximum absolute atomic E-state index is 12.8. The lowest BCUT2D eigenvalue weighted by molar-refractivity contribution is 0.0526. The summed E-state index contributed by atoms with van der Waals surface area (Å²) in [6.45, 7) is 2.73. The van der Waals surface area contributed by atoms with Crippen LogP contribution < -0.4 is 10.2 Å². The molecule has 0 saturated carbocycles. The van der Waals surface area contributed by atoms with Crippen molar-refractivity contribution >= 4 is 40.0 Å². The fraction of sp³-hybridized carbons (Fsp3) is 0.381. The molecular weight excluding hydrogens is 406 g/mol. The molecule has 0 atom stereocenters. The van der Waals surface area contributed by atoms with Gasteiger partial charge in [-0.2, -0.15) is 0 Å². The van der Waals surface area contributed by atoms with E-state index in [2.05, 4.69) is 5.32 Å². The summed E-state index contributed by atoms with van der Waals surface area (Å²) in [6.07, 6.45) is 0.0703. The van der Waals surface area contributed by atoms with Gasteiger partial charge in [0.05, 0.1) is 25.8 Å².